The molecule has 0 aliphatic heterocycles. The first-order chi connectivity index (χ1) is 9.76. The monoisotopic (exact) mass is 282 g/mol. The smallest absolute Gasteiger partial charge is 0.0181 e. The van der Waals surface area contributed by atoms with Gasteiger partial charge in [-0.15, -0.1) is 0 Å². The van der Waals surface area contributed by atoms with Crippen LogP contribution < -0.4 is 10.4 Å². The molecule has 21 heavy (non-hydrogen) atoms. The molecule has 0 saturated carbocycles. The highest BCUT2D eigenvalue weighted by Gasteiger charge is 2.02. The van der Waals surface area contributed by atoms with Crippen molar-refractivity contribution in [2.75, 3.05) is 0 Å². The molecule has 1 atom stereocenters. The zero-order chi connectivity index (χ0) is 16.2. The largest absolute Gasteiger partial charge is 0.0911 e. The maximum Gasteiger partial charge on any atom is -0.0181 e. The van der Waals surface area contributed by atoms with E-state index in [1.165, 1.54) is 39.5 Å². The Hall–Kier alpha value is -1.56. The summed E-state index contributed by atoms with van der Waals surface area (Å²) in [5.74, 6) is 0.631. The van der Waals surface area contributed by atoms with Gasteiger partial charge in [0.1, 0.15) is 0 Å². The minimum Gasteiger partial charge on any atom is -0.0911 e. The average Bonchev–Trinajstić information content (AvgIpc) is 2.42. The second-order valence-corrected chi connectivity index (χ2v) is 6.43. The summed E-state index contributed by atoms with van der Waals surface area (Å²) < 4.78 is 0. The van der Waals surface area contributed by atoms with Gasteiger partial charge in [-0.25, -0.2) is 0 Å². The Morgan fingerprint density at radius 1 is 1.14 bits per heavy atom. The van der Waals surface area contributed by atoms with Gasteiger partial charge in [0.25, 0.3) is 0 Å². The fourth-order valence-corrected chi connectivity index (χ4v) is 2.24. The Morgan fingerprint density at radius 2 is 1.71 bits per heavy atom. The van der Waals surface area contributed by atoms with Crippen molar-refractivity contribution in [3.05, 3.63) is 56.5 Å². The third-order valence-electron chi connectivity index (χ3n) is 4.42. The molecule has 114 valence electrons. The minimum atomic E-state index is 0.631. The summed E-state index contributed by atoms with van der Waals surface area (Å²) in [6.45, 7) is 19.6. The Morgan fingerprint density at radius 3 is 2.24 bits per heavy atom. The van der Waals surface area contributed by atoms with Crippen LogP contribution in [0.5, 0.6) is 0 Å². The predicted molar refractivity (Wildman–Crippen MR) is 96.7 cm³/mol. The van der Waals surface area contributed by atoms with Crippen LogP contribution in [0.15, 0.2) is 34.9 Å². The zero-order valence-electron chi connectivity index (χ0n) is 14.8. The Bertz CT molecular complexity index is 665. The van der Waals surface area contributed by atoms with Crippen LogP contribution in [0, 0.1) is 19.8 Å². The lowest BCUT2D eigenvalue weighted by molar-refractivity contribution is 0.655. The molecule has 0 radical (unpaired) electrons. The highest BCUT2D eigenvalue weighted by Crippen LogP contribution is 2.18. The van der Waals surface area contributed by atoms with E-state index in [4.69, 9.17) is 0 Å². The molecular formula is C21H30. The van der Waals surface area contributed by atoms with Crippen LogP contribution in [-0.4, -0.2) is 0 Å². The Kier molecular flexibility index (Phi) is 6.20. The molecule has 0 aliphatic rings. The first-order valence-electron chi connectivity index (χ1n) is 7.89. The lowest BCUT2D eigenvalue weighted by Crippen LogP contribution is -2.24. The van der Waals surface area contributed by atoms with Crippen LogP contribution in [0.1, 0.15) is 52.2 Å². The van der Waals surface area contributed by atoms with Gasteiger partial charge in [0, 0.05) is 0 Å². The lowest BCUT2D eigenvalue weighted by atomic mass is 9.96. The SMILES string of the molecule is C=c1cc(C)c(C)c/c1=C/C(/C=C(/C)C(C)CC)=C(C)C. The molecule has 0 amide bonds. The number of hydrogen-bond acceptors (Lipinski definition) is 0. The third kappa shape index (κ3) is 4.74. The molecule has 0 bridgehead atoms. The van der Waals surface area contributed by atoms with Crippen molar-refractivity contribution in [2.45, 2.75) is 54.9 Å². The minimum absolute atomic E-state index is 0.631. The summed E-state index contributed by atoms with van der Waals surface area (Å²) in [6, 6.07) is 4.42. The van der Waals surface area contributed by atoms with Gasteiger partial charge in [-0.1, -0.05) is 49.8 Å². The average molecular weight is 282 g/mol. The maximum atomic E-state index is 4.19. The van der Waals surface area contributed by atoms with Gasteiger partial charge in [-0.3, -0.25) is 0 Å². The van der Waals surface area contributed by atoms with E-state index < -0.39 is 0 Å². The van der Waals surface area contributed by atoms with Gasteiger partial charge < -0.3 is 0 Å². The summed E-state index contributed by atoms with van der Waals surface area (Å²) in [6.07, 6.45) is 5.79. The molecule has 0 heteroatoms. The zero-order valence-corrected chi connectivity index (χ0v) is 14.8. The number of hydrogen-bond donors (Lipinski definition) is 0. The molecule has 0 nitrogen and oxygen atoms in total. The standard InChI is InChI=1S/C21H30/c1-9-15(4)17(6)11-20(14(2)3)13-21-12-18(7)16(5)10-19(21)8/h10-13,15H,8-9H2,1-7H3/b17-11-,21-13-. The predicted octanol–water partition coefficient (Wildman–Crippen LogP) is 4.82. The van der Waals surface area contributed by atoms with Crippen LogP contribution in [-0.2, 0) is 0 Å². The molecule has 0 N–H and O–H groups in total. The summed E-state index contributed by atoms with van der Waals surface area (Å²) in [4.78, 5) is 0. The summed E-state index contributed by atoms with van der Waals surface area (Å²) in [5.41, 5.74) is 6.72. The van der Waals surface area contributed by atoms with E-state index in [-0.39, 0.29) is 0 Å². The van der Waals surface area contributed by atoms with E-state index in [0.717, 1.165) is 5.22 Å². The number of benzene rings is 1. The van der Waals surface area contributed by atoms with Crippen molar-refractivity contribution in [3.8, 4) is 0 Å². The van der Waals surface area contributed by atoms with Crippen LogP contribution in [0.4, 0.5) is 0 Å². The van der Waals surface area contributed by atoms with Gasteiger partial charge in [0.15, 0.2) is 0 Å². The number of allylic oxidation sites excluding steroid dienone is 4. The fraction of sp³-hybridized carbons (Fsp3) is 0.429. The molecule has 1 rings (SSSR count). The molecule has 1 aromatic rings. The first-order valence-corrected chi connectivity index (χ1v) is 7.89. The van der Waals surface area contributed by atoms with E-state index in [2.05, 4.69) is 79.3 Å². The highest BCUT2D eigenvalue weighted by atomic mass is 14.1. The molecule has 1 unspecified atom stereocenters. The molecule has 0 fully saturated rings. The first kappa shape index (κ1) is 17.5. The van der Waals surface area contributed by atoms with Crippen LogP contribution in [0.25, 0.3) is 12.7 Å². The van der Waals surface area contributed by atoms with Crippen LogP contribution in [0.3, 0.4) is 0 Å². The summed E-state index contributed by atoms with van der Waals surface area (Å²) >= 11 is 0. The molecule has 0 aliphatic carbocycles. The van der Waals surface area contributed by atoms with Crippen molar-refractivity contribution in [2.24, 2.45) is 5.92 Å². The topological polar surface area (TPSA) is 0 Å². The second-order valence-electron chi connectivity index (χ2n) is 6.43. The molecule has 1 aromatic carbocycles. The van der Waals surface area contributed by atoms with Crippen LogP contribution in [0.2, 0.25) is 0 Å². The van der Waals surface area contributed by atoms with Gasteiger partial charge in [-0.2, -0.15) is 0 Å². The van der Waals surface area contributed by atoms with Crippen molar-refractivity contribution in [1.29, 1.82) is 0 Å². The van der Waals surface area contributed by atoms with Gasteiger partial charge >= 0.3 is 0 Å². The van der Waals surface area contributed by atoms with Crippen molar-refractivity contribution < 1.29 is 0 Å². The van der Waals surface area contributed by atoms with Crippen molar-refractivity contribution >= 4 is 12.7 Å². The van der Waals surface area contributed by atoms with Gasteiger partial charge in [0.05, 0.1) is 0 Å². The molecule has 0 aromatic heterocycles. The third-order valence-corrected chi connectivity index (χ3v) is 4.42. The fourth-order valence-electron chi connectivity index (χ4n) is 2.24. The normalized spacial score (nSPS) is 14.2. The summed E-state index contributed by atoms with van der Waals surface area (Å²) in [7, 11) is 0. The molecule has 0 spiro atoms. The van der Waals surface area contributed by atoms with E-state index >= 15 is 0 Å². The molecular weight excluding hydrogens is 252 g/mol. The van der Waals surface area contributed by atoms with E-state index in [1.54, 1.807) is 0 Å². The van der Waals surface area contributed by atoms with E-state index in [1.807, 2.05) is 0 Å². The quantitative estimate of drug-likeness (QED) is 0.694. The number of rotatable bonds is 4. The summed E-state index contributed by atoms with van der Waals surface area (Å²) in [5, 5.41) is 2.33. The van der Waals surface area contributed by atoms with E-state index in [0.29, 0.717) is 5.92 Å². The van der Waals surface area contributed by atoms with Gasteiger partial charge in [-0.05, 0) is 80.2 Å². The van der Waals surface area contributed by atoms with Crippen molar-refractivity contribution in [1.82, 2.24) is 0 Å². The highest BCUT2D eigenvalue weighted by molar-refractivity contribution is 5.56. The van der Waals surface area contributed by atoms with E-state index in [9.17, 15) is 0 Å². The van der Waals surface area contributed by atoms with Crippen molar-refractivity contribution in [3.63, 3.8) is 0 Å². The Balaban J connectivity index is 3.42. The molecule has 0 heterocycles. The Labute approximate surface area is 130 Å². The maximum absolute atomic E-state index is 4.19. The number of aryl methyl sites for hydroxylation is 2. The van der Waals surface area contributed by atoms with Gasteiger partial charge in [0.2, 0.25) is 0 Å². The second kappa shape index (κ2) is 7.45. The van der Waals surface area contributed by atoms with Crippen LogP contribution >= 0.6 is 0 Å². The molecule has 0 saturated heterocycles. The lowest BCUT2D eigenvalue weighted by Gasteiger charge is -2.10.